The number of hydrogen-bond donors (Lipinski definition) is 0. The highest BCUT2D eigenvalue weighted by molar-refractivity contribution is 5.97. The number of rotatable bonds is 1. The van der Waals surface area contributed by atoms with E-state index < -0.39 is 0 Å². The van der Waals surface area contributed by atoms with Crippen LogP contribution >= 0.6 is 0 Å². The van der Waals surface area contributed by atoms with Crippen LogP contribution in [-0.4, -0.2) is 21.5 Å². The molecule has 0 saturated carbocycles. The minimum Gasteiger partial charge on any atom is -0.292 e. The fourth-order valence-electron chi connectivity index (χ4n) is 3.98. The first-order valence-corrected chi connectivity index (χ1v) is 10.7. The summed E-state index contributed by atoms with van der Waals surface area (Å²) in [5.74, 6) is 0.347. The Hall–Kier alpha value is -3.65. The van der Waals surface area contributed by atoms with E-state index in [0.29, 0.717) is 29.8 Å². The van der Waals surface area contributed by atoms with Crippen molar-refractivity contribution in [2.75, 3.05) is 0 Å². The number of pyridine rings is 2. The average molecular weight is 409 g/mol. The SMILES string of the molecule is N#Cc1ccc(-c2ccc3c(n2)C(=O)CCC3)cc1.O=C1CCCCc2cccnc21. The molecule has 5 heteroatoms. The third-order valence-electron chi connectivity index (χ3n) is 5.66. The van der Waals surface area contributed by atoms with E-state index in [0.717, 1.165) is 54.5 Å². The summed E-state index contributed by atoms with van der Waals surface area (Å²) in [4.78, 5) is 31.9. The number of benzene rings is 1. The minimum absolute atomic E-state index is 0.136. The van der Waals surface area contributed by atoms with E-state index in [1.54, 1.807) is 18.3 Å². The number of nitriles is 1. The zero-order valence-corrected chi connectivity index (χ0v) is 17.3. The van der Waals surface area contributed by atoms with Gasteiger partial charge in [-0.2, -0.15) is 5.26 Å². The van der Waals surface area contributed by atoms with Crippen LogP contribution in [0.4, 0.5) is 0 Å². The molecule has 0 saturated heterocycles. The molecule has 2 aliphatic rings. The smallest absolute Gasteiger partial charge is 0.181 e. The van der Waals surface area contributed by atoms with Crippen molar-refractivity contribution in [3.63, 3.8) is 0 Å². The molecule has 0 atom stereocenters. The van der Waals surface area contributed by atoms with E-state index >= 15 is 0 Å². The molecule has 0 amide bonds. The van der Waals surface area contributed by atoms with E-state index in [-0.39, 0.29) is 11.6 Å². The lowest BCUT2D eigenvalue weighted by Gasteiger charge is -2.14. The van der Waals surface area contributed by atoms with Gasteiger partial charge in [0.1, 0.15) is 11.4 Å². The first-order chi connectivity index (χ1) is 15.2. The second-order valence-corrected chi connectivity index (χ2v) is 7.81. The predicted molar refractivity (Wildman–Crippen MR) is 118 cm³/mol. The molecule has 1 aromatic carbocycles. The fraction of sp³-hybridized carbons (Fsp3) is 0.269. The molecule has 0 aliphatic heterocycles. The molecule has 0 radical (unpaired) electrons. The molecule has 0 N–H and O–H groups in total. The molecule has 3 aromatic rings. The summed E-state index contributed by atoms with van der Waals surface area (Å²) >= 11 is 0. The molecule has 5 rings (SSSR count). The molecule has 0 bridgehead atoms. The number of nitrogens with zero attached hydrogens (tertiary/aromatic N) is 3. The maximum Gasteiger partial charge on any atom is 0.181 e. The number of ketones is 2. The van der Waals surface area contributed by atoms with Crippen molar-refractivity contribution in [2.24, 2.45) is 0 Å². The van der Waals surface area contributed by atoms with Crippen LogP contribution in [0.25, 0.3) is 11.3 Å². The van der Waals surface area contributed by atoms with Gasteiger partial charge in [0.2, 0.25) is 0 Å². The van der Waals surface area contributed by atoms with Crippen molar-refractivity contribution in [3.05, 3.63) is 82.8 Å². The number of aryl methyl sites for hydroxylation is 2. The van der Waals surface area contributed by atoms with Gasteiger partial charge in [-0.15, -0.1) is 0 Å². The van der Waals surface area contributed by atoms with Gasteiger partial charge < -0.3 is 0 Å². The normalized spacial score (nSPS) is 14.9. The van der Waals surface area contributed by atoms with Crippen molar-refractivity contribution in [3.8, 4) is 17.3 Å². The molecule has 0 unspecified atom stereocenters. The molecule has 2 heterocycles. The number of carbonyl (C=O) groups excluding carboxylic acids is 2. The summed E-state index contributed by atoms with van der Waals surface area (Å²) in [6.07, 6.45) is 7.95. The van der Waals surface area contributed by atoms with Gasteiger partial charge in [0.25, 0.3) is 0 Å². The maximum absolute atomic E-state index is 11.9. The first kappa shape index (κ1) is 20.6. The van der Waals surface area contributed by atoms with Crippen LogP contribution in [0.5, 0.6) is 0 Å². The van der Waals surface area contributed by atoms with E-state index in [1.165, 1.54) is 0 Å². The molecular formula is C26H23N3O2. The molecule has 2 aromatic heterocycles. The highest BCUT2D eigenvalue weighted by atomic mass is 16.1. The van der Waals surface area contributed by atoms with Crippen molar-refractivity contribution in [1.82, 2.24) is 9.97 Å². The van der Waals surface area contributed by atoms with Gasteiger partial charge in [-0.05, 0) is 67.5 Å². The van der Waals surface area contributed by atoms with E-state index in [2.05, 4.69) is 16.0 Å². The monoisotopic (exact) mass is 409 g/mol. The van der Waals surface area contributed by atoms with Gasteiger partial charge in [0.15, 0.2) is 11.6 Å². The van der Waals surface area contributed by atoms with E-state index in [9.17, 15) is 9.59 Å². The number of fused-ring (bicyclic) bond motifs is 2. The summed E-state index contributed by atoms with van der Waals surface area (Å²) in [5.41, 5.74) is 5.84. The van der Waals surface area contributed by atoms with Gasteiger partial charge in [-0.25, -0.2) is 4.98 Å². The largest absolute Gasteiger partial charge is 0.292 e. The van der Waals surface area contributed by atoms with Crippen LogP contribution in [0.3, 0.4) is 0 Å². The highest BCUT2D eigenvalue weighted by Gasteiger charge is 2.19. The third-order valence-corrected chi connectivity index (χ3v) is 5.66. The highest BCUT2D eigenvalue weighted by Crippen LogP contribution is 2.24. The van der Waals surface area contributed by atoms with Crippen LogP contribution < -0.4 is 0 Å². The van der Waals surface area contributed by atoms with Gasteiger partial charge in [-0.1, -0.05) is 24.3 Å². The molecular weight excluding hydrogens is 386 g/mol. The van der Waals surface area contributed by atoms with Crippen LogP contribution in [-0.2, 0) is 12.8 Å². The molecule has 2 aliphatic carbocycles. The summed E-state index contributed by atoms with van der Waals surface area (Å²) in [5, 5.41) is 8.78. The first-order valence-electron chi connectivity index (χ1n) is 10.7. The van der Waals surface area contributed by atoms with Crippen molar-refractivity contribution >= 4 is 11.6 Å². The molecule has 5 nitrogen and oxygen atoms in total. The van der Waals surface area contributed by atoms with Crippen LogP contribution in [0, 0.1) is 11.3 Å². The maximum atomic E-state index is 11.9. The summed E-state index contributed by atoms with van der Waals surface area (Å²) in [6, 6.07) is 17.2. The van der Waals surface area contributed by atoms with Crippen LogP contribution in [0.15, 0.2) is 54.7 Å². The zero-order valence-electron chi connectivity index (χ0n) is 17.3. The Balaban J connectivity index is 0.000000166. The Kier molecular flexibility index (Phi) is 6.28. The Morgan fingerprint density at radius 3 is 2.23 bits per heavy atom. The predicted octanol–water partition coefficient (Wildman–Crippen LogP) is 5.13. The van der Waals surface area contributed by atoms with Gasteiger partial charge >= 0.3 is 0 Å². The van der Waals surface area contributed by atoms with Gasteiger partial charge in [-0.3, -0.25) is 14.6 Å². The van der Waals surface area contributed by atoms with E-state index in [1.807, 2.05) is 36.4 Å². The molecule has 154 valence electrons. The summed E-state index contributed by atoms with van der Waals surface area (Å²) in [7, 11) is 0. The van der Waals surface area contributed by atoms with Crippen molar-refractivity contribution in [2.45, 2.75) is 44.9 Å². The average Bonchev–Trinajstić information content (AvgIpc) is 3.01. The summed E-state index contributed by atoms with van der Waals surface area (Å²) < 4.78 is 0. The number of Topliss-reactive ketones (excluding diaryl/α,β-unsaturated/α-hetero) is 2. The van der Waals surface area contributed by atoms with Gasteiger partial charge in [0, 0.05) is 24.6 Å². The Morgan fingerprint density at radius 1 is 0.742 bits per heavy atom. The summed E-state index contributed by atoms with van der Waals surface area (Å²) in [6.45, 7) is 0. The Morgan fingerprint density at radius 2 is 1.42 bits per heavy atom. The van der Waals surface area contributed by atoms with Crippen molar-refractivity contribution in [1.29, 1.82) is 5.26 Å². The number of carbonyl (C=O) groups is 2. The Labute approximate surface area is 181 Å². The van der Waals surface area contributed by atoms with Crippen LogP contribution in [0.1, 0.15) is 69.8 Å². The van der Waals surface area contributed by atoms with Gasteiger partial charge in [0.05, 0.1) is 17.3 Å². The second kappa shape index (κ2) is 9.44. The van der Waals surface area contributed by atoms with E-state index in [4.69, 9.17) is 5.26 Å². The lowest BCUT2D eigenvalue weighted by molar-refractivity contribution is 0.0963. The molecule has 0 fully saturated rings. The number of hydrogen-bond acceptors (Lipinski definition) is 5. The quantitative estimate of drug-likeness (QED) is 0.520. The lowest BCUT2D eigenvalue weighted by Crippen LogP contribution is -2.13. The zero-order chi connectivity index (χ0) is 21.6. The molecule has 31 heavy (non-hydrogen) atoms. The topological polar surface area (TPSA) is 83.7 Å². The van der Waals surface area contributed by atoms with Crippen LogP contribution in [0.2, 0.25) is 0 Å². The number of aromatic nitrogens is 2. The molecule has 0 spiro atoms. The second-order valence-electron chi connectivity index (χ2n) is 7.81. The Bertz CT molecular complexity index is 1160. The van der Waals surface area contributed by atoms with Crippen molar-refractivity contribution < 1.29 is 9.59 Å². The fourth-order valence-corrected chi connectivity index (χ4v) is 3.98. The standard InChI is InChI=1S/C16H12N2O.C10H11NO/c17-10-11-4-6-12(7-5-11)14-9-8-13-2-1-3-15(19)16(13)18-14;12-9-6-2-1-4-8-5-3-7-11-10(8)9/h4-9H,1-3H2;3,5,7H,1-2,4,6H2. The lowest BCUT2D eigenvalue weighted by atomic mass is 9.94. The minimum atomic E-state index is 0.136. The third kappa shape index (κ3) is 4.75.